The van der Waals surface area contributed by atoms with Gasteiger partial charge in [-0.05, 0) is 35.4 Å². The number of fused-ring (bicyclic) bond motifs is 1. The van der Waals surface area contributed by atoms with Crippen LogP contribution in [0.25, 0.3) is 0 Å². The van der Waals surface area contributed by atoms with Gasteiger partial charge >= 0.3 is 0 Å². The Hall–Kier alpha value is -1.19. The highest BCUT2D eigenvalue weighted by Gasteiger charge is 2.11. The van der Waals surface area contributed by atoms with E-state index in [1.54, 1.807) is 0 Å². The van der Waals surface area contributed by atoms with E-state index in [0.717, 1.165) is 40.5 Å². The summed E-state index contributed by atoms with van der Waals surface area (Å²) in [6.45, 7) is 1.55. The highest BCUT2D eigenvalue weighted by atomic mass is 79.9. The van der Waals surface area contributed by atoms with Crippen LogP contribution in [0, 0.1) is 0 Å². The number of ether oxygens (including phenoxy) is 1. The number of anilines is 1. The van der Waals surface area contributed by atoms with Crippen LogP contribution in [0.2, 0.25) is 5.02 Å². The van der Waals surface area contributed by atoms with Crippen LogP contribution in [0.5, 0.6) is 5.75 Å². The lowest BCUT2D eigenvalue weighted by molar-refractivity contribution is 0.357. The predicted octanol–water partition coefficient (Wildman–Crippen LogP) is 4.65. The average molecular weight is 339 g/mol. The standard InChI is InChI=1S/C15H13BrClNO/c16-12-2-3-13(17)14(8-12)18-9-10-1-4-15-11(7-10)5-6-19-15/h1-4,7-8,18H,5-6,9H2. The summed E-state index contributed by atoms with van der Waals surface area (Å²) < 4.78 is 6.52. The first-order chi connectivity index (χ1) is 9.22. The second kappa shape index (κ2) is 5.43. The van der Waals surface area contributed by atoms with E-state index in [9.17, 15) is 0 Å². The van der Waals surface area contributed by atoms with Gasteiger partial charge in [0.2, 0.25) is 0 Å². The van der Waals surface area contributed by atoms with E-state index in [4.69, 9.17) is 16.3 Å². The maximum absolute atomic E-state index is 6.15. The number of benzene rings is 2. The Morgan fingerprint density at radius 3 is 3.00 bits per heavy atom. The molecule has 0 fully saturated rings. The van der Waals surface area contributed by atoms with Crippen LogP contribution in [-0.4, -0.2) is 6.61 Å². The first-order valence-corrected chi connectivity index (χ1v) is 7.33. The molecule has 2 aromatic carbocycles. The van der Waals surface area contributed by atoms with Crippen LogP contribution < -0.4 is 10.1 Å². The van der Waals surface area contributed by atoms with Crippen molar-refractivity contribution < 1.29 is 4.74 Å². The zero-order chi connectivity index (χ0) is 13.2. The van der Waals surface area contributed by atoms with Crippen molar-refractivity contribution in [2.75, 3.05) is 11.9 Å². The fourth-order valence-corrected chi connectivity index (χ4v) is 2.73. The summed E-state index contributed by atoms with van der Waals surface area (Å²) in [5.74, 6) is 1.02. The number of hydrogen-bond acceptors (Lipinski definition) is 2. The topological polar surface area (TPSA) is 21.3 Å². The highest BCUT2D eigenvalue weighted by Crippen LogP contribution is 2.28. The fourth-order valence-electron chi connectivity index (χ4n) is 2.18. The molecule has 4 heteroatoms. The zero-order valence-corrected chi connectivity index (χ0v) is 12.6. The van der Waals surface area contributed by atoms with E-state index >= 15 is 0 Å². The van der Waals surface area contributed by atoms with Gasteiger partial charge < -0.3 is 10.1 Å². The van der Waals surface area contributed by atoms with Gasteiger partial charge in [0.05, 0.1) is 17.3 Å². The molecule has 1 aliphatic rings. The SMILES string of the molecule is Clc1ccc(Br)cc1NCc1ccc2c(c1)CCO2. The van der Waals surface area contributed by atoms with Gasteiger partial charge in [-0.2, -0.15) is 0 Å². The monoisotopic (exact) mass is 337 g/mol. The minimum absolute atomic E-state index is 0.729. The van der Waals surface area contributed by atoms with Crippen molar-refractivity contribution in [3.8, 4) is 5.75 Å². The Kier molecular flexibility index (Phi) is 3.67. The lowest BCUT2D eigenvalue weighted by atomic mass is 10.1. The van der Waals surface area contributed by atoms with Gasteiger partial charge in [-0.15, -0.1) is 0 Å². The lowest BCUT2D eigenvalue weighted by Gasteiger charge is -2.10. The quantitative estimate of drug-likeness (QED) is 0.879. The molecule has 19 heavy (non-hydrogen) atoms. The molecule has 0 unspecified atom stereocenters. The van der Waals surface area contributed by atoms with Gasteiger partial charge in [-0.25, -0.2) is 0 Å². The largest absolute Gasteiger partial charge is 0.493 e. The molecule has 2 nitrogen and oxygen atoms in total. The van der Waals surface area contributed by atoms with Crippen molar-refractivity contribution in [3.63, 3.8) is 0 Å². The summed E-state index contributed by atoms with van der Waals surface area (Å²) in [7, 11) is 0. The van der Waals surface area contributed by atoms with Crippen LogP contribution >= 0.6 is 27.5 Å². The maximum Gasteiger partial charge on any atom is 0.122 e. The molecular weight excluding hydrogens is 326 g/mol. The molecular formula is C15H13BrClNO. The minimum Gasteiger partial charge on any atom is -0.493 e. The molecule has 0 amide bonds. The zero-order valence-electron chi connectivity index (χ0n) is 10.2. The van der Waals surface area contributed by atoms with Crippen molar-refractivity contribution in [2.24, 2.45) is 0 Å². The molecule has 98 valence electrons. The van der Waals surface area contributed by atoms with Crippen molar-refractivity contribution in [1.82, 2.24) is 0 Å². The van der Waals surface area contributed by atoms with Crippen LogP contribution in [-0.2, 0) is 13.0 Å². The van der Waals surface area contributed by atoms with E-state index < -0.39 is 0 Å². The van der Waals surface area contributed by atoms with Gasteiger partial charge in [-0.1, -0.05) is 39.7 Å². The summed E-state index contributed by atoms with van der Waals surface area (Å²) in [5.41, 5.74) is 3.47. The van der Waals surface area contributed by atoms with Crippen LogP contribution in [0.3, 0.4) is 0 Å². The van der Waals surface area contributed by atoms with E-state index in [1.807, 2.05) is 24.3 Å². The Morgan fingerprint density at radius 2 is 2.11 bits per heavy atom. The van der Waals surface area contributed by atoms with Gasteiger partial charge in [0.15, 0.2) is 0 Å². The highest BCUT2D eigenvalue weighted by molar-refractivity contribution is 9.10. The van der Waals surface area contributed by atoms with E-state index in [0.29, 0.717) is 0 Å². The van der Waals surface area contributed by atoms with Crippen molar-refractivity contribution in [2.45, 2.75) is 13.0 Å². The number of rotatable bonds is 3. The molecule has 1 N–H and O–H groups in total. The van der Waals surface area contributed by atoms with Gasteiger partial charge in [0.25, 0.3) is 0 Å². The first kappa shape index (κ1) is 12.8. The van der Waals surface area contributed by atoms with E-state index in [-0.39, 0.29) is 0 Å². The summed E-state index contributed by atoms with van der Waals surface area (Å²) in [5, 5.41) is 4.09. The Bertz CT molecular complexity index is 615. The molecule has 2 aromatic rings. The van der Waals surface area contributed by atoms with E-state index in [2.05, 4.69) is 33.4 Å². The van der Waals surface area contributed by atoms with E-state index in [1.165, 1.54) is 11.1 Å². The molecule has 1 heterocycles. The normalized spacial score (nSPS) is 12.9. The van der Waals surface area contributed by atoms with Gasteiger partial charge in [0, 0.05) is 17.4 Å². The fraction of sp³-hybridized carbons (Fsp3) is 0.200. The van der Waals surface area contributed by atoms with Crippen LogP contribution in [0.1, 0.15) is 11.1 Å². The third-order valence-corrected chi connectivity index (χ3v) is 3.99. The molecule has 0 spiro atoms. The lowest BCUT2D eigenvalue weighted by Crippen LogP contribution is -2.00. The molecule has 3 rings (SSSR count). The third-order valence-electron chi connectivity index (χ3n) is 3.17. The Balaban J connectivity index is 1.74. The molecule has 0 radical (unpaired) electrons. The Labute approximate surface area is 125 Å². The first-order valence-electron chi connectivity index (χ1n) is 6.16. The smallest absolute Gasteiger partial charge is 0.122 e. The molecule has 0 saturated heterocycles. The van der Waals surface area contributed by atoms with Crippen molar-refractivity contribution in [1.29, 1.82) is 0 Å². The van der Waals surface area contributed by atoms with Crippen molar-refractivity contribution in [3.05, 3.63) is 57.0 Å². The maximum atomic E-state index is 6.15. The minimum atomic E-state index is 0.729. The summed E-state index contributed by atoms with van der Waals surface area (Å²) in [6, 6.07) is 12.1. The summed E-state index contributed by atoms with van der Waals surface area (Å²) in [6.07, 6.45) is 1.00. The summed E-state index contributed by atoms with van der Waals surface area (Å²) >= 11 is 9.60. The second-order valence-electron chi connectivity index (χ2n) is 4.52. The molecule has 0 aliphatic carbocycles. The van der Waals surface area contributed by atoms with Crippen LogP contribution in [0.4, 0.5) is 5.69 Å². The molecule has 0 aromatic heterocycles. The van der Waals surface area contributed by atoms with Crippen molar-refractivity contribution >= 4 is 33.2 Å². The van der Waals surface area contributed by atoms with Gasteiger partial charge in [-0.3, -0.25) is 0 Å². The number of nitrogens with one attached hydrogen (secondary N) is 1. The molecule has 0 bridgehead atoms. The molecule has 1 aliphatic heterocycles. The molecule has 0 saturated carbocycles. The second-order valence-corrected chi connectivity index (χ2v) is 5.84. The number of halogens is 2. The third kappa shape index (κ3) is 2.88. The molecule has 0 atom stereocenters. The van der Waals surface area contributed by atoms with Crippen LogP contribution in [0.15, 0.2) is 40.9 Å². The predicted molar refractivity (Wildman–Crippen MR) is 82.1 cm³/mol. The summed E-state index contributed by atoms with van der Waals surface area (Å²) in [4.78, 5) is 0. The Morgan fingerprint density at radius 1 is 1.21 bits per heavy atom. The average Bonchev–Trinajstić information content (AvgIpc) is 2.87. The number of hydrogen-bond donors (Lipinski definition) is 1. The van der Waals surface area contributed by atoms with Gasteiger partial charge in [0.1, 0.15) is 5.75 Å².